The Morgan fingerprint density at radius 1 is 1.29 bits per heavy atom. The van der Waals surface area contributed by atoms with Crippen LogP contribution in [0.15, 0.2) is 42.5 Å². The molecular formula is C17H16ClFN2O3. The smallest absolute Gasteiger partial charge is 0.252 e. The predicted molar refractivity (Wildman–Crippen MR) is 88.6 cm³/mol. The number of nitrogens with one attached hydrogen (secondary N) is 1. The van der Waals surface area contributed by atoms with Gasteiger partial charge in [0.2, 0.25) is 5.91 Å². The zero-order valence-electron chi connectivity index (χ0n) is 12.9. The fraction of sp³-hybridized carbons (Fsp3) is 0.176. The first-order chi connectivity index (χ1) is 11.4. The number of carbonyl (C=O) groups excluding carboxylic acids is 2. The number of carbonyl (C=O) groups is 2. The summed E-state index contributed by atoms with van der Waals surface area (Å²) in [6.45, 7) is 0. The summed E-state index contributed by atoms with van der Waals surface area (Å²) in [6, 6.07) is 9.21. The van der Waals surface area contributed by atoms with Gasteiger partial charge in [-0.1, -0.05) is 23.7 Å². The molecule has 2 aromatic carbocycles. The van der Waals surface area contributed by atoms with E-state index >= 15 is 0 Å². The van der Waals surface area contributed by atoms with Gasteiger partial charge < -0.3 is 15.8 Å². The van der Waals surface area contributed by atoms with Gasteiger partial charge in [0.25, 0.3) is 5.91 Å². The topological polar surface area (TPSA) is 81.4 Å². The summed E-state index contributed by atoms with van der Waals surface area (Å²) < 4.78 is 18.2. The maximum absolute atomic E-state index is 13.2. The van der Waals surface area contributed by atoms with Gasteiger partial charge in [-0.3, -0.25) is 9.59 Å². The second-order valence-corrected chi connectivity index (χ2v) is 5.52. The number of hydrogen-bond acceptors (Lipinski definition) is 3. The van der Waals surface area contributed by atoms with Crippen molar-refractivity contribution in [1.29, 1.82) is 0 Å². The normalized spacial score (nSPS) is 11.6. The molecule has 0 aliphatic carbocycles. The third-order valence-corrected chi connectivity index (χ3v) is 3.69. The van der Waals surface area contributed by atoms with Crippen molar-refractivity contribution in [3.63, 3.8) is 0 Å². The van der Waals surface area contributed by atoms with Gasteiger partial charge in [-0.15, -0.1) is 0 Å². The van der Waals surface area contributed by atoms with Gasteiger partial charge in [0, 0.05) is 12.0 Å². The number of ether oxygens (including phenoxy) is 1. The van der Waals surface area contributed by atoms with Crippen LogP contribution in [0.1, 0.15) is 15.9 Å². The Labute approximate surface area is 143 Å². The van der Waals surface area contributed by atoms with Crippen LogP contribution < -0.4 is 15.8 Å². The lowest BCUT2D eigenvalue weighted by Crippen LogP contribution is -2.45. The first-order valence-electron chi connectivity index (χ1n) is 7.09. The molecule has 0 aromatic heterocycles. The lowest BCUT2D eigenvalue weighted by Gasteiger charge is -2.16. The van der Waals surface area contributed by atoms with Crippen molar-refractivity contribution in [2.45, 2.75) is 12.5 Å². The molecular weight excluding hydrogens is 335 g/mol. The number of methoxy groups -OCH3 is 1. The first-order valence-corrected chi connectivity index (χ1v) is 7.46. The molecule has 0 radical (unpaired) electrons. The summed E-state index contributed by atoms with van der Waals surface area (Å²) in [4.78, 5) is 23.8. The minimum absolute atomic E-state index is 0.106. The van der Waals surface area contributed by atoms with E-state index in [1.54, 1.807) is 18.2 Å². The molecule has 5 nitrogen and oxygen atoms in total. The quantitative estimate of drug-likeness (QED) is 0.838. The average Bonchev–Trinajstić information content (AvgIpc) is 2.54. The number of benzene rings is 2. The highest BCUT2D eigenvalue weighted by molar-refractivity contribution is 6.32. The molecule has 126 valence electrons. The monoisotopic (exact) mass is 350 g/mol. The molecule has 0 aliphatic heterocycles. The molecule has 0 unspecified atom stereocenters. The largest absolute Gasteiger partial charge is 0.495 e. The lowest BCUT2D eigenvalue weighted by molar-refractivity contribution is -0.119. The van der Waals surface area contributed by atoms with Crippen LogP contribution in [0.2, 0.25) is 5.02 Å². The highest BCUT2D eigenvalue weighted by Gasteiger charge is 2.20. The first kappa shape index (κ1) is 17.7. The van der Waals surface area contributed by atoms with Crippen LogP contribution in [0.4, 0.5) is 4.39 Å². The van der Waals surface area contributed by atoms with Crippen molar-refractivity contribution in [2.24, 2.45) is 5.73 Å². The van der Waals surface area contributed by atoms with E-state index in [1.165, 1.54) is 25.3 Å². The number of rotatable bonds is 6. The van der Waals surface area contributed by atoms with Gasteiger partial charge in [-0.25, -0.2) is 4.39 Å². The molecule has 0 saturated heterocycles. The van der Waals surface area contributed by atoms with Crippen LogP contribution in [0.25, 0.3) is 0 Å². The Balaban J connectivity index is 2.13. The molecule has 2 aromatic rings. The predicted octanol–water partition coefficient (Wildman–Crippen LogP) is 2.31. The minimum Gasteiger partial charge on any atom is -0.495 e. The third-order valence-electron chi connectivity index (χ3n) is 3.39. The van der Waals surface area contributed by atoms with Gasteiger partial charge >= 0.3 is 0 Å². The molecule has 0 heterocycles. The molecule has 3 N–H and O–H groups in total. The molecule has 0 fully saturated rings. The van der Waals surface area contributed by atoms with Crippen molar-refractivity contribution < 1.29 is 18.7 Å². The molecule has 7 heteroatoms. The fourth-order valence-electron chi connectivity index (χ4n) is 2.17. The van der Waals surface area contributed by atoms with E-state index in [0.717, 1.165) is 6.07 Å². The summed E-state index contributed by atoms with van der Waals surface area (Å²) in [5, 5.41) is 2.89. The van der Waals surface area contributed by atoms with Crippen LogP contribution in [0.5, 0.6) is 5.75 Å². The van der Waals surface area contributed by atoms with Crippen molar-refractivity contribution in [3.05, 3.63) is 64.4 Å². The van der Waals surface area contributed by atoms with E-state index in [4.69, 9.17) is 22.1 Å². The second-order valence-electron chi connectivity index (χ2n) is 5.11. The van der Waals surface area contributed by atoms with E-state index in [2.05, 4.69) is 5.32 Å². The Bertz CT molecular complexity index is 767. The van der Waals surface area contributed by atoms with Gasteiger partial charge in [0.1, 0.15) is 17.6 Å². The van der Waals surface area contributed by atoms with Gasteiger partial charge in [0.15, 0.2) is 0 Å². The van der Waals surface area contributed by atoms with Crippen LogP contribution >= 0.6 is 11.6 Å². The van der Waals surface area contributed by atoms with E-state index in [9.17, 15) is 14.0 Å². The van der Waals surface area contributed by atoms with E-state index in [0.29, 0.717) is 16.3 Å². The zero-order valence-corrected chi connectivity index (χ0v) is 13.6. The Hall–Kier alpha value is -2.60. The lowest BCUT2D eigenvalue weighted by atomic mass is 10.0. The SMILES string of the molecule is COc1ccc(C[C@@H](NC(=O)c2cccc(F)c2)C(N)=O)cc1Cl. The molecule has 2 amide bonds. The zero-order chi connectivity index (χ0) is 17.7. The summed E-state index contributed by atoms with van der Waals surface area (Å²) in [6.07, 6.45) is 0.153. The summed E-state index contributed by atoms with van der Waals surface area (Å²) in [5.41, 5.74) is 6.15. The molecule has 0 bridgehead atoms. The highest BCUT2D eigenvalue weighted by atomic mass is 35.5. The highest BCUT2D eigenvalue weighted by Crippen LogP contribution is 2.25. The maximum Gasteiger partial charge on any atom is 0.252 e. The minimum atomic E-state index is -0.953. The number of primary amides is 1. The van der Waals surface area contributed by atoms with E-state index in [1.807, 2.05) is 0 Å². The van der Waals surface area contributed by atoms with Crippen LogP contribution in [0.3, 0.4) is 0 Å². The van der Waals surface area contributed by atoms with Crippen LogP contribution in [0, 0.1) is 5.82 Å². The molecule has 0 saturated carbocycles. The Kier molecular flexibility index (Phi) is 5.76. The number of hydrogen-bond donors (Lipinski definition) is 2. The third kappa shape index (κ3) is 4.45. The van der Waals surface area contributed by atoms with Crippen LogP contribution in [-0.4, -0.2) is 25.0 Å². The van der Waals surface area contributed by atoms with Gasteiger partial charge in [-0.2, -0.15) is 0 Å². The summed E-state index contributed by atoms with van der Waals surface area (Å²) >= 11 is 6.04. The summed E-state index contributed by atoms with van der Waals surface area (Å²) in [7, 11) is 1.49. The second kappa shape index (κ2) is 7.79. The van der Waals surface area contributed by atoms with Gasteiger partial charge in [-0.05, 0) is 35.9 Å². The van der Waals surface area contributed by atoms with Crippen molar-refractivity contribution >= 4 is 23.4 Å². The molecule has 0 aliphatic rings. The Morgan fingerprint density at radius 3 is 2.62 bits per heavy atom. The number of amides is 2. The molecule has 2 rings (SSSR count). The van der Waals surface area contributed by atoms with E-state index < -0.39 is 23.7 Å². The maximum atomic E-state index is 13.2. The van der Waals surface area contributed by atoms with Crippen molar-refractivity contribution in [2.75, 3.05) is 7.11 Å². The van der Waals surface area contributed by atoms with E-state index in [-0.39, 0.29) is 12.0 Å². The molecule has 0 spiro atoms. The summed E-state index contributed by atoms with van der Waals surface area (Å²) in [5.74, 6) is -1.33. The van der Waals surface area contributed by atoms with Gasteiger partial charge in [0.05, 0.1) is 12.1 Å². The van der Waals surface area contributed by atoms with Crippen LogP contribution in [-0.2, 0) is 11.2 Å². The number of halogens is 2. The average molecular weight is 351 g/mol. The Morgan fingerprint density at radius 2 is 2.04 bits per heavy atom. The number of nitrogens with two attached hydrogens (primary N) is 1. The molecule has 24 heavy (non-hydrogen) atoms. The van der Waals surface area contributed by atoms with Crippen molar-refractivity contribution in [3.8, 4) is 5.75 Å². The molecule has 1 atom stereocenters. The fourth-order valence-corrected chi connectivity index (χ4v) is 2.45. The standard InChI is InChI=1S/C17H16ClFN2O3/c1-24-15-6-5-10(7-13(15)18)8-14(16(20)22)21-17(23)11-3-2-4-12(19)9-11/h2-7,9,14H,8H2,1H3,(H2,20,22)(H,21,23)/t14-/m1/s1. The van der Waals surface area contributed by atoms with Crippen molar-refractivity contribution in [1.82, 2.24) is 5.32 Å².